The Hall–Kier alpha value is -2.37. The van der Waals surface area contributed by atoms with Crippen molar-refractivity contribution in [2.45, 2.75) is 6.92 Å². The highest BCUT2D eigenvalue weighted by atomic mass is 19.2. The third-order valence-electron chi connectivity index (χ3n) is 2.40. The van der Waals surface area contributed by atoms with Crippen LogP contribution in [-0.4, -0.2) is 10.9 Å². The number of aromatic nitrogens is 1. The Morgan fingerprint density at radius 2 is 1.79 bits per heavy atom. The quantitative estimate of drug-likeness (QED) is 0.849. The largest absolute Gasteiger partial charge is 0.322 e. The van der Waals surface area contributed by atoms with E-state index in [9.17, 15) is 18.0 Å². The average Bonchev–Trinajstić information content (AvgIpc) is 2.35. The summed E-state index contributed by atoms with van der Waals surface area (Å²) in [5, 5.41) is 2.44. The first-order chi connectivity index (χ1) is 8.97. The highest BCUT2D eigenvalue weighted by molar-refractivity contribution is 6.04. The van der Waals surface area contributed by atoms with Crippen molar-refractivity contribution in [3.05, 3.63) is 59.2 Å². The van der Waals surface area contributed by atoms with E-state index in [-0.39, 0.29) is 5.56 Å². The molecule has 19 heavy (non-hydrogen) atoms. The minimum atomic E-state index is -1.60. The van der Waals surface area contributed by atoms with E-state index in [2.05, 4.69) is 10.3 Å². The number of nitrogens with one attached hydrogen (secondary N) is 1. The lowest BCUT2D eigenvalue weighted by Gasteiger charge is -2.06. The zero-order valence-corrected chi connectivity index (χ0v) is 9.88. The summed E-state index contributed by atoms with van der Waals surface area (Å²) >= 11 is 0. The molecule has 0 aliphatic carbocycles. The van der Waals surface area contributed by atoms with Crippen molar-refractivity contribution in [1.82, 2.24) is 4.98 Å². The summed E-state index contributed by atoms with van der Waals surface area (Å²) in [5.41, 5.74) is 0.808. The van der Waals surface area contributed by atoms with Crippen molar-refractivity contribution < 1.29 is 18.0 Å². The Bertz CT molecular complexity index is 621. The molecule has 1 heterocycles. The summed E-state index contributed by atoms with van der Waals surface area (Å²) in [5.74, 6) is -5.15. The van der Waals surface area contributed by atoms with Gasteiger partial charge in [0.15, 0.2) is 17.5 Å². The van der Waals surface area contributed by atoms with Gasteiger partial charge in [-0.15, -0.1) is 0 Å². The second-order valence-corrected chi connectivity index (χ2v) is 3.89. The zero-order chi connectivity index (χ0) is 14.0. The first-order valence-corrected chi connectivity index (χ1v) is 5.36. The molecule has 0 aliphatic rings. The minimum absolute atomic E-state index is 0.300. The summed E-state index contributed by atoms with van der Waals surface area (Å²) in [4.78, 5) is 15.7. The van der Waals surface area contributed by atoms with E-state index < -0.39 is 23.4 Å². The minimum Gasteiger partial charge on any atom is -0.322 e. The van der Waals surface area contributed by atoms with E-state index in [1.165, 1.54) is 12.3 Å². The first-order valence-electron chi connectivity index (χ1n) is 5.36. The van der Waals surface area contributed by atoms with Gasteiger partial charge in [-0.1, -0.05) is 0 Å². The lowest BCUT2D eigenvalue weighted by atomic mass is 10.2. The van der Waals surface area contributed by atoms with Gasteiger partial charge in [0.1, 0.15) is 0 Å². The Labute approximate surface area is 107 Å². The number of nitrogens with zero attached hydrogens (tertiary/aromatic N) is 1. The van der Waals surface area contributed by atoms with Crippen LogP contribution in [0.15, 0.2) is 30.5 Å². The molecule has 0 aliphatic heterocycles. The molecule has 6 heteroatoms. The maximum absolute atomic E-state index is 13.0. The number of rotatable bonds is 2. The summed E-state index contributed by atoms with van der Waals surface area (Å²) in [6.45, 7) is 1.73. The monoisotopic (exact) mass is 266 g/mol. The number of carbonyl (C=O) groups excluding carboxylic acids is 1. The number of pyridine rings is 1. The maximum Gasteiger partial charge on any atom is 0.255 e. The van der Waals surface area contributed by atoms with Crippen LogP contribution in [0.5, 0.6) is 0 Å². The van der Waals surface area contributed by atoms with Crippen molar-refractivity contribution in [2.24, 2.45) is 0 Å². The Morgan fingerprint density at radius 3 is 2.37 bits per heavy atom. The van der Waals surface area contributed by atoms with E-state index in [0.29, 0.717) is 23.5 Å². The van der Waals surface area contributed by atoms with Gasteiger partial charge in [-0.3, -0.25) is 9.78 Å². The van der Waals surface area contributed by atoms with Crippen LogP contribution in [0.25, 0.3) is 0 Å². The van der Waals surface area contributed by atoms with Crippen LogP contribution in [-0.2, 0) is 0 Å². The molecule has 0 radical (unpaired) electrons. The van der Waals surface area contributed by atoms with E-state index in [1.54, 1.807) is 13.0 Å². The van der Waals surface area contributed by atoms with Crippen molar-refractivity contribution in [3.63, 3.8) is 0 Å². The first kappa shape index (κ1) is 13.1. The molecule has 2 rings (SSSR count). The van der Waals surface area contributed by atoms with Crippen molar-refractivity contribution in [2.75, 3.05) is 5.32 Å². The fourth-order valence-electron chi connectivity index (χ4n) is 1.51. The fraction of sp³-hybridized carbons (Fsp3) is 0.0769. The zero-order valence-electron chi connectivity index (χ0n) is 9.88. The van der Waals surface area contributed by atoms with Gasteiger partial charge >= 0.3 is 0 Å². The van der Waals surface area contributed by atoms with Gasteiger partial charge in [0.05, 0.1) is 0 Å². The lowest BCUT2D eigenvalue weighted by molar-refractivity contribution is 0.102. The van der Waals surface area contributed by atoms with Gasteiger partial charge < -0.3 is 5.32 Å². The molecule has 1 N–H and O–H groups in total. The van der Waals surface area contributed by atoms with E-state index in [4.69, 9.17) is 0 Å². The second-order valence-electron chi connectivity index (χ2n) is 3.89. The molecule has 1 aromatic heterocycles. The number of hydrogen-bond donors (Lipinski definition) is 1. The molecule has 3 nitrogen and oxygen atoms in total. The van der Waals surface area contributed by atoms with Gasteiger partial charge in [-0.25, -0.2) is 13.2 Å². The fourth-order valence-corrected chi connectivity index (χ4v) is 1.51. The van der Waals surface area contributed by atoms with Crippen LogP contribution in [0, 0.1) is 24.4 Å². The predicted molar refractivity (Wildman–Crippen MR) is 63.2 cm³/mol. The molecule has 0 saturated carbocycles. The summed E-state index contributed by atoms with van der Waals surface area (Å²) in [7, 11) is 0. The third kappa shape index (κ3) is 2.90. The van der Waals surface area contributed by atoms with Crippen LogP contribution in [0.3, 0.4) is 0 Å². The van der Waals surface area contributed by atoms with Gasteiger partial charge in [0.25, 0.3) is 5.91 Å². The molecule has 2 aromatic rings. The number of benzene rings is 1. The number of halogens is 3. The Balaban J connectivity index is 2.25. The number of anilines is 1. The molecule has 98 valence electrons. The summed E-state index contributed by atoms with van der Waals surface area (Å²) < 4.78 is 38.8. The highest BCUT2D eigenvalue weighted by Crippen LogP contribution is 2.15. The van der Waals surface area contributed by atoms with Crippen molar-refractivity contribution in [1.29, 1.82) is 0 Å². The molecule has 1 amide bonds. The van der Waals surface area contributed by atoms with Crippen LogP contribution in [0.2, 0.25) is 0 Å². The van der Waals surface area contributed by atoms with Gasteiger partial charge in [0.2, 0.25) is 0 Å². The van der Waals surface area contributed by atoms with Crippen molar-refractivity contribution in [3.8, 4) is 0 Å². The van der Waals surface area contributed by atoms with Gasteiger partial charge in [-0.2, -0.15) is 0 Å². The van der Waals surface area contributed by atoms with Crippen LogP contribution >= 0.6 is 0 Å². The molecule has 0 fully saturated rings. The standard InChI is InChI=1S/C13H9F3N2O/c1-7-4-9(2-3-17-7)18-13(19)8-5-10(14)12(16)11(15)6-8/h2-6H,1H3,(H,17,18,19). The molecule has 0 spiro atoms. The van der Waals surface area contributed by atoms with Gasteiger partial charge in [0, 0.05) is 23.1 Å². The highest BCUT2D eigenvalue weighted by Gasteiger charge is 2.15. The van der Waals surface area contributed by atoms with Crippen molar-refractivity contribution >= 4 is 11.6 Å². The number of amides is 1. The molecular formula is C13H9F3N2O. The summed E-state index contributed by atoms with van der Waals surface area (Å²) in [6, 6.07) is 4.40. The second kappa shape index (κ2) is 5.09. The summed E-state index contributed by atoms with van der Waals surface area (Å²) in [6.07, 6.45) is 1.48. The molecule has 0 bridgehead atoms. The van der Waals surface area contributed by atoms with E-state index in [1.807, 2.05) is 0 Å². The van der Waals surface area contributed by atoms with E-state index in [0.717, 1.165) is 0 Å². The number of aryl methyl sites for hydroxylation is 1. The molecule has 0 unspecified atom stereocenters. The maximum atomic E-state index is 13.0. The Kier molecular flexibility index (Phi) is 3.50. The smallest absolute Gasteiger partial charge is 0.255 e. The number of hydrogen-bond acceptors (Lipinski definition) is 2. The van der Waals surface area contributed by atoms with Gasteiger partial charge in [-0.05, 0) is 31.2 Å². The normalized spacial score (nSPS) is 10.3. The third-order valence-corrected chi connectivity index (χ3v) is 2.40. The van der Waals surface area contributed by atoms with Crippen LogP contribution in [0.4, 0.5) is 18.9 Å². The molecule has 0 atom stereocenters. The topological polar surface area (TPSA) is 42.0 Å². The molecular weight excluding hydrogens is 257 g/mol. The lowest BCUT2D eigenvalue weighted by Crippen LogP contribution is -2.13. The molecule has 0 saturated heterocycles. The number of carbonyl (C=O) groups is 1. The van der Waals surface area contributed by atoms with E-state index >= 15 is 0 Å². The predicted octanol–water partition coefficient (Wildman–Crippen LogP) is 3.06. The Morgan fingerprint density at radius 1 is 1.16 bits per heavy atom. The SMILES string of the molecule is Cc1cc(NC(=O)c2cc(F)c(F)c(F)c2)ccn1. The van der Waals surface area contributed by atoms with Crippen LogP contribution in [0.1, 0.15) is 16.1 Å². The average molecular weight is 266 g/mol. The molecule has 1 aromatic carbocycles. The van der Waals surface area contributed by atoms with Crippen LogP contribution < -0.4 is 5.32 Å².